The number of H-pyrrole nitrogens is 1. The van der Waals surface area contributed by atoms with Gasteiger partial charge in [0.2, 0.25) is 5.88 Å². The summed E-state index contributed by atoms with van der Waals surface area (Å²) < 4.78 is 5.39. The highest BCUT2D eigenvalue weighted by molar-refractivity contribution is 5.36. The van der Waals surface area contributed by atoms with Gasteiger partial charge in [0.05, 0.1) is 13.2 Å². The number of nitrogens with one attached hydrogen (secondary N) is 2. The Morgan fingerprint density at radius 3 is 3.12 bits per heavy atom. The molecule has 8 heteroatoms. The van der Waals surface area contributed by atoms with Crippen molar-refractivity contribution in [1.82, 2.24) is 30.6 Å². The highest BCUT2D eigenvalue weighted by Gasteiger charge is 2.01. The van der Waals surface area contributed by atoms with Crippen molar-refractivity contribution in [2.24, 2.45) is 0 Å². The van der Waals surface area contributed by atoms with Crippen molar-refractivity contribution in [3.05, 3.63) is 18.2 Å². The molecule has 0 atom stereocenters. The van der Waals surface area contributed by atoms with Crippen LogP contribution in [0.4, 0.5) is 5.82 Å². The average molecular weight is 235 g/mol. The molecule has 8 nitrogen and oxygen atoms in total. The van der Waals surface area contributed by atoms with Gasteiger partial charge < -0.3 is 10.1 Å². The van der Waals surface area contributed by atoms with Gasteiger partial charge in [-0.05, 0) is 6.42 Å². The highest BCUT2D eigenvalue weighted by atomic mass is 16.5. The molecule has 2 aromatic rings. The zero-order valence-electron chi connectivity index (χ0n) is 9.42. The molecule has 0 aliphatic heterocycles. The van der Waals surface area contributed by atoms with Gasteiger partial charge in [-0.1, -0.05) is 12.1 Å². The fraction of sp³-hybridized carbons (Fsp3) is 0.444. The van der Waals surface area contributed by atoms with E-state index in [9.17, 15) is 0 Å². The Bertz CT molecular complexity index is 444. The van der Waals surface area contributed by atoms with E-state index in [-0.39, 0.29) is 0 Å². The third kappa shape index (κ3) is 3.37. The minimum absolute atomic E-state index is 0.445. The van der Waals surface area contributed by atoms with Gasteiger partial charge in [-0.2, -0.15) is 5.21 Å². The highest BCUT2D eigenvalue weighted by Crippen LogP contribution is 2.11. The number of aromatic nitrogens is 6. The molecule has 0 aliphatic rings. The van der Waals surface area contributed by atoms with Crippen LogP contribution in [0.5, 0.6) is 5.88 Å². The summed E-state index contributed by atoms with van der Waals surface area (Å²) in [5.41, 5.74) is 0. The summed E-state index contributed by atoms with van der Waals surface area (Å²) in [6.07, 6.45) is 2.39. The second-order valence-electron chi connectivity index (χ2n) is 3.27. The normalized spacial score (nSPS) is 10.2. The van der Waals surface area contributed by atoms with Crippen molar-refractivity contribution >= 4 is 5.82 Å². The fourth-order valence-electron chi connectivity index (χ4n) is 1.15. The van der Waals surface area contributed by atoms with Gasteiger partial charge in [-0.25, -0.2) is 9.97 Å². The van der Waals surface area contributed by atoms with Crippen LogP contribution < -0.4 is 10.1 Å². The van der Waals surface area contributed by atoms with Crippen LogP contribution in [-0.2, 0) is 6.54 Å². The molecule has 0 radical (unpaired) electrons. The van der Waals surface area contributed by atoms with E-state index in [0.29, 0.717) is 30.7 Å². The summed E-state index contributed by atoms with van der Waals surface area (Å²) in [6, 6.07) is 1.73. The molecule has 2 N–H and O–H groups in total. The van der Waals surface area contributed by atoms with Crippen LogP contribution in [0.25, 0.3) is 0 Å². The first-order valence-corrected chi connectivity index (χ1v) is 5.29. The lowest BCUT2D eigenvalue weighted by Gasteiger charge is -2.05. The maximum Gasteiger partial charge on any atom is 0.218 e. The van der Waals surface area contributed by atoms with Crippen LogP contribution in [0.2, 0.25) is 0 Å². The second-order valence-corrected chi connectivity index (χ2v) is 3.27. The minimum Gasteiger partial charge on any atom is -0.478 e. The van der Waals surface area contributed by atoms with Crippen molar-refractivity contribution in [3.63, 3.8) is 0 Å². The third-order valence-corrected chi connectivity index (χ3v) is 1.91. The molecule has 0 aliphatic carbocycles. The summed E-state index contributed by atoms with van der Waals surface area (Å²) in [7, 11) is 0. The molecule has 2 rings (SSSR count). The van der Waals surface area contributed by atoms with E-state index in [2.05, 4.69) is 35.9 Å². The Kier molecular flexibility index (Phi) is 3.79. The molecule has 17 heavy (non-hydrogen) atoms. The van der Waals surface area contributed by atoms with E-state index in [1.54, 1.807) is 6.07 Å². The number of nitrogens with zero attached hydrogens (tertiary/aromatic N) is 5. The molecule has 2 aromatic heterocycles. The monoisotopic (exact) mass is 235 g/mol. The number of aromatic amines is 1. The van der Waals surface area contributed by atoms with Gasteiger partial charge in [0, 0.05) is 6.07 Å². The number of anilines is 1. The van der Waals surface area contributed by atoms with Crippen LogP contribution in [0.1, 0.15) is 19.2 Å². The van der Waals surface area contributed by atoms with Gasteiger partial charge in [-0.15, -0.1) is 10.2 Å². The molecule has 0 bridgehead atoms. The third-order valence-electron chi connectivity index (χ3n) is 1.91. The van der Waals surface area contributed by atoms with Crippen molar-refractivity contribution in [1.29, 1.82) is 0 Å². The van der Waals surface area contributed by atoms with Gasteiger partial charge in [0.15, 0.2) is 5.82 Å². The van der Waals surface area contributed by atoms with Crippen LogP contribution in [0.3, 0.4) is 0 Å². The van der Waals surface area contributed by atoms with Crippen LogP contribution in [0, 0.1) is 0 Å². The van der Waals surface area contributed by atoms with Crippen molar-refractivity contribution in [2.75, 3.05) is 11.9 Å². The molecular weight excluding hydrogens is 222 g/mol. The molecule has 0 fully saturated rings. The first-order valence-electron chi connectivity index (χ1n) is 5.29. The largest absolute Gasteiger partial charge is 0.478 e. The first-order chi connectivity index (χ1) is 8.38. The van der Waals surface area contributed by atoms with Crippen LogP contribution in [-0.4, -0.2) is 37.2 Å². The summed E-state index contributed by atoms with van der Waals surface area (Å²) in [5.74, 6) is 1.79. The fourth-order valence-corrected chi connectivity index (χ4v) is 1.15. The molecule has 0 unspecified atom stereocenters. The summed E-state index contributed by atoms with van der Waals surface area (Å²) in [4.78, 5) is 8.06. The van der Waals surface area contributed by atoms with Gasteiger partial charge in [-0.3, -0.25) is 0 Å². The Morgan fingerprint density at radius 2 is 2.35 bits per heavy atom. The molecule has 0 saturated carbocycles. The first kappa shape index (κ1) is 11.2. The molecule has 90 valence electrons. The predicted octanol–water partition coefficient (Wildman–Crippen LogP) is 0.391. The Morgan fingerprint density at radius 1 is 1.41 bits per heavy atom. The van der Waals surface area contributed by atoms with E-state index in [4.69, 9.17) is 4.74 Å². The Hall–Kier alpha value is -2.25. The predicted molar refractivity (Wildman–Crippen MR) is 59.3 cm³/mol. The van der Waals surface area contributed by atoms with Crippen molar-refractivity contribution in [2.45, 2.75) is 19.9 Å². The van der Waals surface area contributed by atoms with Gasteiger partial charge >= 0.3 is 0 Å². The molecule has 0 spiro atoms. The number of ether oxygens (including phenoxy) is 1. The van der Waals surface area contributed by atoms with E-state index >= 15 is 0 Å². The lowest BCUT2D eigenvalue weighted by Crippen LogP contribution is -2.04. The molecule has 2 heterocycles. The zero-order valence-corrected chi connectivity index (χ0v) is 9.42. The maximum atomic E-state index is 5.39. The zero-order chi connectivity index (χ0) is 11.9. The number of hydrogen-bond acceptors (Lipinski definition) is 7. The second kappa shape index (κ2) is 5.73. The van der Waals surface area contributed by atoms with E-state index in [1.807, 2.05) is 6.92 Å². The lowest BCUT2D eigenvalue weighted by molar-refractivity contribution is 0.305. The summed E-state index contributed by atoms with van der Waals surface area (Å²) >= 11 is 0. The van der Waals surface area contributed by atoms with Crippen LogP contribution >= 0.6 is 0 Å². The standard InChI is InChI=1S/C9H13N7O/c1-2-3-17-9-4-7(11-6-12-9)10-5-8-13-15-16-14-8/h4,6H,2-3,5H2,1H3,(H,10,11,12)(H,13,14,15,16). The van der Waals surface area contributed by atoms with Gasteiger partial charge in [0.1, 0.15) is 12.1 Å². The number of tetrazole rings is 1. The van der Waals surface area contributed by atoms with Crippen LogP contribution in [0.15, 0.2) is 12.4 Å². The lowest BCUT2D eigenvalue weighted by atomic mass is 10.5. The van der Waals surface area contributed by atoms with Gasteiger partial charge in [0.25, 0.3) is 0 Å². The average Bonchev–Trinajstić information content (AvgIpc) is 2.87. The topological polar surface area (TPSA) is 102 Å². The Labute approximate surface area is 97.8 Å². The number of rotatable bonds is 6. The Balaban J connectivity index is 1.91. The molecule has 0 amide bonds. The summed E-state index contributed by atoms with van der Waals surface area (Å²) in [5, 5.41) is 16.5. The van der Waals surface area contributed by atoms with E-state index in [1.165, 1.54) is 6.33 Å². The minimum atomic E-state index is 0.445. The molecular formula is C9H13N7O. The maximum absolute atomic E-state index is 5.39. The quantitative estimate of drug-likeness (QED) is 0.746. The van der Waals surface area contributed by atoms with E-state index in [0.717, 1.165) is 6.42 Å². The molecule has 0 aromatic carbocycles. The van der Waals surface area contributed by atoms with E-state index < -0.39 is 0 Å². The smallest absolute Gasteiger partial charge is 0.218 e. The van der Waals surface area contributed by atoms with Crippen molar-refractivity contribution < 1.29 is 4.74 Å². The molecule has 0 saturated heterocycles. The number of hydrogen-bond donors (Lipinski definition) is 2. The van der Waals surface area contributed by atoms with Crippen molar-refractivity contribution in [3.8, 4) is 5.88 Å². The summed E-state index contributed by atoms with van der Waals surface area (Å²) in [6.45, 7) is 3.12. The SMILES string of the molecule is CCCOc1cc(NCc2nn[nH]n2)ncn1.